The second-order valence-electron chi connectivity index (χ2n) is 9.85. The summed E-state index contributed by atoms with van der Waals surface area (Å²) >= 11 is 0. The Bertz CT molecular complexity index is 1160. The number of hydrogen-bond donors (Lipinski definition) is 2. The van der Waals surface area contributed by atoms with Crippen LogP contribution in [-0.2, 0) is 11.2 Å². The smallest absolute Gasteiger partial charge is 0.202 e. The van der Waals surface area contributed by atoms with Gasteiger partial charge in [-0.05, 0) is 57.5 Å². The first-order valence-electron chi connectivity index (χ1n) is 11.0. The minimum atomic E-state index is -1.47. The van der Waals surface area contributed by atoms with Crippen molar-refractivity contribution in [2.75, 3.05) is 7.11 Å². The molecule has 1 fully saturated rings. The van der Waals surface area contributed by atoms with Crippen molar-refractivity contribution in [2.24, 2.45) is 0 Å². The fourth-order valence-electron chi connectivity index (χ4n) is 4.49. The molecule has 0 aliphatic carbocycles. The van der Waals surface area contributed by atoms with Gasteiger partial charge in [-0.25, -0.2) is 0 Å². The normalized spacial score (nSPS) is 26.0. The Morgan fingerprint density at radius 3 is 2.36 bits per heavy atom. The van der Waals surface area contributed by atoms with Crippen LogP contribution in [0.2, 0.25) is 0 Å². The van der Waals surface area contributed by atoms with Gasteiger partial charge in [-0.3, -0.25) is 4.79 Å². The van der Waals surface area contributed by atoms with Gasteiger partial charge in [0.25, 0.3) is 0 Å². The van der Waals surface area contributed by atoms with Crippen LogP contribution in [0.25, 0.3) is 6.08 Å². The molecule has 33 heavy (non-hydrogen) atoms. The van der Waals surface area contributed by atoms with E-state index in [1.54, 1.807) is 37.5 Å². The van der Waals surface area contributed by atoms with Crippen LogP contribution in [0.4, 0.5) is 0 Å². The van der Waals surface area contributed by atoms with E-state index < -0.39 is 23.6 Å². The number of rotatable bonds is 4. The van der Waals surface area contributed by atoms with Crippen molar-refractivity contribution in [1.82, 2.24) is 0 Å². The van der Waals surface area contributed by atoms with Gasteiger partial charge in [0.05, 0.1) is 24.4 Å². The van der Waals surface area contributed by atoms with E-state index in [0.717, 1.165) is 0 Å². The number of ketones is 1. The second kappa shape index (κ2) is 7.23. The zero-order chi connectivity index (χ0) is 23.7. The van der Waals surface area contributed by atoms with Gasteiger partial charge >= 0.3 is 0 Å². The molecule has 0 aromatic heterocycles. The van der Waals surface area contributed by atoms with E-state index >= 15 is 0 Å². The van der Waals surface area contributed by atoms with Crippen molar-refractivity contribution >= 4 is 11.9 Å². The molecule has 7 nitrogen and oxygen atoms in total. The molecule has 3 atom stereocenters. The number of aliphatic hydroxyl groups excluding tert-OH is 1. The lowest BCUT2D eigenvalue weighted by Crippen LogP contribution is -2.37. The average molecular weight is 453 g/mol. The van der Waals surface area contributed by atoms with Crippen molar-refractivity contribution in [1.29, 1.82) is 0 Å². The number of phenols is 1. The Balaban J connectivity index is 1.66. The van der Waals surface area contributed by atoms with E-state index in [-0.39, 0.29) is 28.8 Å². The van der Waals surface area contributed by atoms with Gasteiger partial charge in [0.2, 0.25) is 5.78 Å². The van der Waals surface area contributed by atoms with E-state index in [0.29, 0.717) is 34.6 Å². The number of epoxide rings is 1. The lowest BCUT2D eigenvalue weighted by atomic mass is 9.86. The largest absolute Gasteiger partial charge is 0.506 e. The summed E-state index contributed by atoms with van der Waals surface area (Å²) in [5.74, 6) is 0.526. The molecule has 0 bridgehead atoms. The van der Waals surface area contributed by atoms with E-state index in [4.69, 9.17) is 18.9 Å². The molecule has 5 rings (SSSR count). The first-order chi connectivity index (χ1) is 15.5. The Hall–Kier alpha value is -3.03. The lowest BCUT2D eigenvalue weighted by Gasteiger charge is -2.36. The third-order valence-electron chi connectivity index (χ3n) is 6.57. The standard InChI is InChI=1S/C26H28O7/c1-25(2)11-10-15-19(27)18-20(28)21(29)22(13-6-8-14(30-5)9-7-13)31-24(18)16(23(15)33-25)12-17-26(3,4)32-17/h6-11,17,21-22,27,29H,12H2,1-5H3. The number of carbonyl (C=O) groups is 1. The predicted octanol–water partition coefficient (Wildman–Crippen LogP) is 3.98. The van der Waals surface area contributed by atoms with Gasteiger partial charge < -0.3 is 29.2 Å². The highest BCUT2D eigenvalue weighted by Gasteiger charge is 2.50. The van der Waals surface area contributed by atoms with Gasteiger partial charge in [0.15, 0.2) is 12.2 Å². The first-order valence-corrected chi connectivity index (χ1v) is 11.0. The maximum atomic E-state index is 13.3. The molecule has 0 amide bonds. The predicted molar refractivity (Wildman–Crippen MR) is 121 cm³/mol. The van der Waals surface area contributed by atoms with Crippen LogP contribution < -0.4 is 14.2 Å². The molecule has 0 radical (unpaired) electrons. The van der Waals surface area contributed by atoms with Crippen LogP contribution in [0.5, 0.6) is 23.0 Å². The third kappa shape index (κ3) is 3.56. The number of methoxy groups -OCH3 is 1. The number of carbonyl (C=O) groups excluding carboxylic acids is 1. The Labute approximate surface area is 192 Å². The monoisotopic (exact) mass is 452 g/mol. The average Bonchev–Trinajstić information content (AvgIpc) is 3.38. The van der Waals surface area contributed by atoms with E-state index in [2.05, 4.69) is 0 Å². The van der Waals surface area contributed by atoms with Crippen molar-refractivity contribution in [3.63, 3.8) is 0 Å². The summed E-state index contributed by atoms with van der Waals surface area (Å²) in [6.45, 7) is 7.83. The number of benzene rings is 2. The quantitative estimate of drug-likeness (QED) is 0.677. The summed E-state index contributed by atoms with van der Waals surface area (Å²) in [7, 11) is 1.57. The zero-order valence-corrected chi connectivity index (χ0v) is 19.3. The fraction of sp³-hybridized carbons (Fsp3) is 0.423. The first kappa shape index (κ1) is 21.8. The molecule has 1 saturated heterocycles. The molecular formula is C26H28O7. The van der Waals surface area contributed by atoms with Gasteiger partial charge in [0.1, 0.15) is 34.2 Å². The lowest BCUT2D eigenvalue weighted by molar-refractivity contribution is 0.0203. The molecule has 3 unspecified atom stereocenters. The maximum absolute atomic E-state index is 13.3. The Kier molecular flexibility index (Phi) is 4.78. The van der Waals surface area contributed by atoms with Gasteiger partial charge in [-0.1, -0.05) is 12.1 Å². The molecule has 2 N–H and O–H groups in total. The molecule has 3 aliphatic rings. The number of phenolic OH excluding ortho intramolecular Hbond substituents is 1. The molecule has 2 aromatic rings. The van der Waals surface area contributed by atoms with Crippen LogP contribution in [0.3, 0.4) is 0 Å². The summed E-state index contributed by atoms with van der Waals surface area (Å²) < 4.78 is 23.6. The molecule has 3 heterocycles. The van der Waals surface area contributed by atoms with Crippen molar-refractivity contribution in [3.8, 4) is 23.0 Å². The molecule has 3 aliphatic heterocycles. The van der Waals surface area contributed by atoms with E-state index in [1.165, 1.54) is 0 Å². The number of hydrogen-bond acceptors (Lipinski definition) is 7. The minimum Gasteiger partial charge on any atom is -0.506 e. The molecular weight excluding hydrogens is 424 g/mol. The van der Waals surface area contributed by atoms with Crippen molar-refractivity contribution < 1.29 is 34.0 Å². The summed E-state index contributed by atoms with van der Waals surface area (Å²) in [6.07, 6.45) is 1.53. The number of ether oxygens (including phenoxy) is 4. The highest BCUT2D eigenvalue weighted by atomic mass is 16.6. The summed E-state index contributed by atoms with van der Waals surface area (Å²) in [5.41, 5.74) is 0.765. The van der Waals surface area contributed by atoms with Crippen molar-refractivity contribution in [3.05, 3.63) is 52.6 Å². The van der Waals surface area contributed by atoms with Crippen molar-refractivity contribution in [2.45, 2.75) is 63.6 Å². The molecule has 2 aromatic carbocycles. The van der Waals surface area contributed by atoms with Crippen LogP contribution >= 0.6 is 0 Å². The van der Waals surface area contributed by atoms with Crippen LogP contribution in [0, 0.1) is 0 Å². The number of aromatic hydroxyl groups is 1. The van der Waals surface area contributed by atoms with Gasteiger partial charge in [-0.15, -0.1) is 0 Å². The summed E-state index contributed by atoms with van der Waals surface area (Å²) in [6, 6.07) is 6.98. The third-order valence-corrected chi connectivity index (χ3v) is 6.57. The van der Waals surface area contributed by atoms with Crippen LogP contribution in [0.1, 0.15) is 60.8 Å². The fourth-order valence-corrected chi connectivity index (χ4v) is 4.49. The molecule has 7 heteroatoms. The Morgan fingerprint density at radius 2 is 1.76 bits per heavy atom. The highest BCUT2D eigenvalue weighted by Crippen LogP contribution is 2.53. The summed E-state index contributed by atoms with van der Waals surface area (Å²) in [5, 5.41) is 21.9. The number of fused-ring (bicyclic) bond motifs is 2. The minimum absolute atomic E-state index is 0.0209. The highest BCUT2D eigenvalue weighted by molar-refractivity contribution is 6.07. The van der Waals surface area contributed by atoms with Gasteiger partial charge in [0, 0.05) is 12.0 Å². The Morgan fingerprint density at radius 1 is 1.09 bits per heavy atom. The maximum Gasteiger partial charge on any atom is 0.202 e. The second-order valence-corrected chi connectivity index (χ2v) is 9.85. The van der Waals surface area contributed by atoms with Crippen LogP contribution in [0.15, 0.2) is 30.3 Å². The topological polar surface area (TPSA) is 97.8 Å². The van der Waals surface area contributed by atoms with Crippen LogP contribution in [-0.4, -0.2) is 46.5 Å². The number of aliphatic hydroxyl groups is 1. The molecule has 174 valence electrons. The van der Waals surface area contributed by atoms with E-state index in [9.17, 15) is 15.0 Å². The van der Waals surface area contributed by atoms with E-state index in [1.807, 2.05) is 33.8 Å². The number of Topliss-reactive ketones (excluding diaryl/α,β-unsaturated/α-hetero) is 1. The molecule has 0 saturated carbocycles. The van der Waals surface area contributed by atoms with Gasteiger partial charge in [-0.2, -0.15) is 0 Å². The summed E-state index contributed by atoms with van der Waals surface area (Å²) in [4.78, 5) is 13.3. The SMILES string of the molecule is COc1ccc(C2Oc3c(CC4OC4(C)C)c4c(c(O)c3C(=O)C2O)C=CC(C)(C)O4)cc1. The zero-order valence-electron chi connectivity index (χ0n) is 19.3. The molecule has 0 spiro atoms.